The van der Waals surface area contributed by atoms with Crippen LogP contribution in [0.15, 0.2) is 18.2 Å². The molecule has 1 rings (SSSR count). The average molecular weight is 224 g/mol. The highest BCUT2D eigenvalue weighted by Crippen LogP contribution is 2.13. The Morgan fingerprint density at radius 1 is 1.44 bits per heavy atom. The van der Waals surface area contributed by atoms with Crippen LogP contribution in [0.1, 0.15) is 37.0 Å². The van der Waals surface area contributed by atoms with Gasteiger partial charge in [0.15, 0.2) is 0 Å². The minimum absolute atomic E-state index is 0.136. The molecule has 0 saturated heterocycles. The first kappa shape index (κ1) is 12.5. The number of benzene rings is 1. The van der Waals surface area contributed by atoms with E-state index in [2.05, 4.69) is 5.32 Å². The van der Waals surface area contributed by atoms with Crippen molar-refractivity contribution in [3.05, 3.63) is 29.6 Å². The van der Waals surface area contributed by atoms with Crippen molar-refractivity contribution < 1.29 is 9.18 Å². The van der Waals surface area contributed by atoms with E-state index in [9.17, 15) is 9.18 Å². The summed E-state index contributed by atoms with van der Waals surface area (Å²) in [5.74, 6) is -0.678. The fourth-order valence-electron chi connectivity index (χ4n) is 1.50. The summed E-state index contributed by atoms with van der Waals surface area (Å²) in [7, 11) is 0. The second-order valence-electron chi connectivity index (χ2n) is 3.72. The van der Waals surface area contributed by atoms with Crippen molar-refractivity contribution in [1.82, 2.24) is 5.32 Å². The molecule has 88 valence electrons. The number of hydrogen-bond donors (Lipinski definition) is 2. The Balaban J connectivity index is 2.80. The molecule has 0 aromatic heterocycles. The maximum Gasteiger partial charge on any atom is 0.253 e. The molecule has 4 heteroatoms. The minimum Gasteiger partial charge on any atom is -0.398 e. The Hall–Kier alpha value is -1.58. The predicted octanol–water partition coefficient (Wildman–Crippen LogP) is 2.33. The molecule has 16 heavy (non-hydrogen) atoms. The van der Waals surface area contributed by atoms with Gasteiger partial charge in [0.2, 0.25) is 0 Å². The van der Waals surface area contributed by atoms with Gasteiger partial charge in [-0.1, -0.05) is 13.8 Å². The summed E-state index contributed by atoms with van der Waals surface area (Å²) in [6.45, 7) is 4.00. The SMILES string of the molecule is CCC(CC)NC(=O)c1ccc(F)cc1N. The Bertz CT molecular complexity index is 375. The Morgan fingerprint density at radius 3 is 2.56 bits per heavy atom. The molecule has 0 fully saturated rings. The van der Waals surface area contributed by atoms with E-state index in [1.807, 2.05) is 13.8 Å². The van der Waals surface area contributed by atoms with Crippen molar-refractivity contribution in [1.29, 1.82) is 0 Å². The maximum absolute atomic E-state index is 12.8. The number of carbonyl (C=O) groups is 1. The van der Waals surface area contributed by atoms with E-state index in [0.717, 1.165) is 18.9 Å². The van der Waals surface area contributed by atoms with Gasteiger partial charge in [0, 0.05) is 11.7 Å². The average Bonchev–Trinajstić information content (AvgIpc) is 2.25. The minimum atomic E-state index is -0.434. The van der Waals surface area contributed by atoms with Gasteiger partial charge in [-0.3, -0.25) is 4.79 Å². The lowest BCUT2D eigenvalue weighted by Crippen LogP contribution is -2.34. The summed E-state index contributed by atoms with van der Waals surface area (Å²) in [5.41, 5.74) is 6.08. The summed E-state index contributed by atoms with van der Waals surface area (Å²) >= 11 is 0. The number of amides is 1. The van der Waals surface area contributed by atoms with Gasteiger partial charge < -0.3 is 11.1 Å². The summed E-state index contributed by atoms with van der Waals surface area (Å²) < 4.78 is 12.8. The third kappa shape index (κ3) is 2.95. The smallest absolute Gasteiger partial charge is 0.253 e. The normalized spacial score (nSPS) is 10.5. The first-order chi connectivity index (χ1) is 7.58. The zero-order valence-corrected chi connectivity index (χ0v) is 9.59. The van der Waals surface area contributed by atoms with E-state index >= 15 is 0 Å². The molecule has 0 unspecified atom stereocenters. The number of halogens is 1. The van der Waals surface area contributed by atoms with E-state index in [1.165, 1.54) is 12.1 Å². The van der Waals surface area contributed by atoms with Crippen LogP contribution in [0.5, 0.6) is 0 Å². The number of nitrogen functional groups attached to an aromatic ring is 1. The fourth-order valence-corrected chi connectivity index (χ4v) is 1.50. The van der Waals surface area contributed by atoms with Crippen molar-refractivity contribution in [2.75, 3.05) is 5.73 Å². The van der Waals surface area contributed by atoms with Crippen molar-refractivity contribution in [3.8, 4) is 0 Å². The number of rotatable bonds is 4. The lowest BCUT2D eigenvalue weighted by atomic mass is 10.1. The first-order valence-electron chi connectivity index (χ1n) is 5.44. The lowest BCUT2D eigenvalue weighted by Gasteiger charge is -2.15. The van der Waals surface area contributed by atoms with Crippen LogP contribution in [-0.2, 0) is 0 Å². The van der Waals surface area contributed by atoms with Crippen molar-refractivity contribution in [2.45, 2.75) is 32.7 Å². The predicted molar refractivity (Wildman–Crippen MR) is 62.6 cm³/mol. The first-order valence-corrected chi connectivity index (χ1v) is 5.44. The second kappa shape index (κ2) is 5.49. The van der Waals surface area contributed by atoms with E-state index in [4.69, 9.17) is 5.73 Å². The lowest BCUT2D eigenvalue weighted by molar-refractivity contribution is 0.0935. The van der Waals surface area contributed by atoms with Gasteiger partial charge in [-0.15, -0.1) is 0 Å². The van der Waals surface area contributed by atoms with Gasteiger partial charge in [-0.05, 0) is 31.0 Å². The molecule has 0 aliphatic rings. The zero-order valence-electron chi connectivity index (χ0n) is 9.59. The quantitative estimate of drug-likeness (QED) is 0.771. The molecule has 0 radical (unpaired) electrons. The van der Waals surface area contributed by atoms with Gasteiger partial charge in [0.05, 0.1) is 5.56 Å². The molecule has 0 spiro atoms. The Kier molecular flexibility index (Phi) is 4.28. The van der Waals surface area contributed by atoms with Gasteiger partial charge in [-0.25, -0.2) is 4.39 Å². The van der Waals surface area contributed by atoms with E-state index in [0.29, 0.717) is 5.56 Å². The highest BCUT2D eigenvalue weighted by molar-refractivity contribution is 5.99. The molecule has 0 saturated carbocycles. The number of hydrogen-bond acceptors (Lipinski definition) is 2. The second-order valence-corrected chi connectivity index (χ2v) is 3.72. The molecule has 1 aromatic rings. The van der Waals surface area contributed by atoms with Crippen LogP contribution in [0.25, 0.3) is 0 Å². The largest absolute Gasteiger partial charge is 0.398 e. The van der Waals surface area contributed by atoms with E-state index in [1.54, 1.807) is 0 Å². The molecule has 0 aliphatic heterocycles. The van der Waals surface area contributed by atoms with Crippen LogP contribution in [0.3, 0.4) is 0 Å². The van der Waals surface area contributed by atoms with Gasteiger partial charge in [0.25, 0.3) is 5.91 Å². The van der Waals surface area contributed by atoms with Crippen molar-refractivity contribution in [2.24, 2.45) is 0 Å². The highest BCUT2D eigenvalue weighted by atomic mass is 19.1. The molecule has 1 amide bonds. The van der Waals surface area contributed by atoms with Gasteiger partial charge >= 0.3 is 0 Å². The topological polar surface area (TPSA) is 55.1 Å². The molecule has 3 nitrogen and oxygen atoms in total. The monoisotopic (exact) mass is 224 g/mol. The zero-order chi connectivity index (χ0) is 12.1. The Labute approximate surface area is 94.8 Å². The molecule has 0 bridgehead atoms. The van der Waals surface area contributed by atoms with Crippen LogP contribution in [0.4, 0.5) is 10.1 Å². The third-order valence-electron chi connectivity index (χ3n) is 2.58. The number of anilines is 1. The van der Waals surface area contributed by atoms with Crippen LogP contribution in [0, 0.1) is 5.82 Å². The summed E-state index contributed by atoms with van der Waals surface area (Å²) in [4.78, 5) is 11.8. The van der Waals surface area contributed by atoms with Gasteiger partial charge in [-0.2, -0.15) is 0 Å². The van der Waals surface area contributed by atoms with E-state index in [-0.39, 0.29) is 17.6 Å². The molecule has 0 atom stereocenters. The van der Waals surface area contributed by atoms with Crippen LogP contribution >= 0.6 is 0 Å². The van der Waals surface area contributed by atoms with Gasteiger partial charge in [0.1, 0.15) is 5.82 Å². The fraction of sp³-hybridized carbons (Fsp3) is 0.417. The molecule has 0 aliphatic carbocycles. The summed E-state index contributed by atoms with van der Waals surface area (Å²) in [6, 6.07) is 3.93. The maximum atomic E-state index is 12.8. The highest BCUT2D eigenvalue weighted by Gasteiger charge is 2.13. The number of nitrogens with one attached hydrogen (secondary N) is 1. The van der Waals surface area contributed by atoms with Crippen molar-refractivity contribution in [3.63, 3.8) is 0 Å². The molecule has 1 aromatic carbocycles. The molecular formula is C12H17FN2O. The molecular weight excluding hydrogens is 207 g/mol. The van der Waals surface area contributed by atoms with E-state index < -0.39 is 5.82 Å². The van der Waals surface area contributed by atoms with Crippen molar-refractivity contribution >= 4 is 11.6 Å². The Morgan fingerprint density at radius 2 is 2.06 bits per heavy atom. The summed E-state index contributed by atoms with van der Waals surface area (Å²) in [5, 5.41) is 2.85. The third-order valence-corrected chi connectivity index (χ3v) is 2.58. The summed E-state index contributed by atoms with van der Waals surface area (Å²) in [6.07, 6.45) is 1.73. The van der Waals surface area contributed by atoms with Crippen LogP contribution in [0.2, 0.25) is 0 Å². The number of carbonyl (C=O) groups excluding carboxylic acids is 1. The number of nitrogens with two attached hydrogens (primary N) is 1. The standard InChI is InChI=1S/C12H17FN2O/c1-3-9(4-2)15-12(16)10-6-5-8(13)7-11(10)14/h5-7,9H,3-4,14H2,1-2H3,(H,15,16). The van der Waals surface area contributed by atoms with Crippen LogP contribution < -0.4 is 11.1 Å². The molecule has 0 heterocycles. The molecule has 3 N–H and O–H groups in total. The van der Waals surface area contributed by atoms with Crippen LogP contribution in [-0.4, -0.2) is 11.9 Å².